The summed E-state index contributed by atoms with van der Waals surface area (Å²) in [5, 5.41) is 9.59. The van der Waals surface area contributed by atoms with Gasteiger partial charge in [-0.1, -0.05) is 5.16 Å². The molecule has 1 aromatic carbocycles. The Morgan fingerprint density at radius 3 is 2.77 bits per heavy atom. The Morgan fingerprint density at radius 2 is 1.90 bits per heavy atom. The molecule has 3 aliphatic rings. The molecule has 1 aromatic heterocycles. The van der Waals surface area contributed by atoms with Crippen LogP contribution >= 0.6 is 0 Å². The number of amides is 2. The van der Waals surface area contributed by atoms with Crippen molar-refractivity contribution < 1.29 is 23.6 Å². The first kappa shape index (κ1) is 18.6. The van der Waals surface area contributed by atoms with E-state index in [-0.39, 0.29) is 37.5 Å². The van der Waals surface area contributed by atoms with Crippen LogP contribution < -0.4 is 9.47 Å². The van der Waals surface area contributed by atoms with E-state index in [2.05, 4.69) is 15.2 Å². The number of rotatable bonds is 4. The number of carbonyl (C=O) groups is 2. The summed E-state index contributed by atoms with van der Waals surface area (Å²) in [6.45, 7) is 1.60. The number of fused-ring (bicyclic) bond motifs is 1. The number of hydrogen-bond donors (Lipinski definition) is 0. The molecule has 3 aliphatic heterocycles. The highest BCUT2D eigenvalue weighted by molar-refractivity contribution is 6.01. The highest BCUT2D eigenvalue weighted by Gasteiger charge is 2.28. The van der Waals surface area contributed by atoms with Gasteiger partial charge in [0.2, 0.25) is 24.4 Å². The maximum Gasteiger partial charge on any atom is 0.274 e. The van der Waals surface area contributed by atoms with Crippen LogP contribution in [0.1, 0.15) is 38.0 Å². The SMILES string of the molecule is O=C(CN1N=C(c2nc(-c3ccc4c(c3)OCO4)no2)CCC1=O)N1CCCCC1. The van der Waals surface area contributed by atoms with Crippen LogP contribution in [0.2, 0.25) is 0 Å². The lowest BCUT2D eigenvalue weighted by molar-refractivity contribution is -0.141. The Kier molecular flexibility index (Phi) is 4.82. The van der Waals surface area contributed by atoms with Crippen LogP contribution in [0.3, 0.4) is 0 Å². The predicted molar refractivity (Wildman–Crippen MR) is 104 cm³/mol. The van der Waals surface area contributed by atoms with Gasteiger partial charge in [-0.05, 0) is 37.5 Å². The zero-order valence-corrected chi connectivity index (χ0v) is 16.4. The van der Waals surface area contributed by atoms with Gasteiger partial charge >= 0.3 is 0 Å². The van der Waals surface area contributed by atoms with Gasteiger partial charge in [-0.3, -0.25) is 9.59 Å². The summed E-state index contributed by atoms with van der Waals surface area (Å²) in [5.41, 5.74) is 1.22. The molecule has 30 heavy (non-hydrogen) atoms. The quantitative estimate of drug-likeness (QED) is 0.754. The topological polar surface area (TPSA) is 110 Å². The number of nitrogens with zero attached hydrogens (tertiary/aromatic N) is 5. The molecule has 0 atom stereocenters. The van der Waals surface area contributed by atoms with Crippen LogP contribution in [0, 0.1) is 0 Å². The zero-order chi connectivity index (χ0) is 20.5. The van der Waals surface area contributed by atoms with Crippen molar-refractivity contribution in [3.05, 3.63) is 24.1 Å². The van der Waals surface area contributed by atoms with Crippen LogP contribution in [0.5, 0.6) is 11.5 Å². The number of benzene rings is 1. The Balaban J connectivity index is 1.33. The Hall–Kier alpha value is -3.43. The number of ether oxygens (including phenoxy) is 2. The fourth-order valence-electron chi connectivity index (χ4n) is 3.74. The lowest BCUT2D eigenvalue weighted by Gasteiger charge is -2.29. The second kappa shape index (κ2) is 7.77. The second-order valence-electron chi connectivity index (χ2n) is 7.43. The van der Waals surface area contributed by atoms with Crippen molar-refractivity contribution in [2.24, 2.45) is 5.10 Å². The number of aromatic nitrogens is 2. The van der Waals surface area contributed by atoms with E-state index >= 15 is 0 Å². The largest absolute Gasteiger partial charge is 0.454 e. The minimum absolute atomic E-state index is 0.0640. The molecule has 0 unspecified atom stereocenters. The second-order valence-corrected chi connectivity index (χ2v) is 7.43. The molecule has 0 N–H and O–H groups in total. The summed E-state index contributed by atoms with van der Waals surface area (Å²) >= 11 is 0. The van der Waals surface area contributed by atoms with Crippen LogP contribution in [0.25, 0.3) is 11.4 Å². The predicted octanol–water partition coefficient (Wildman–Crippen LogP) is 1.80. The normalized spacial score (nSPS) is 18.5. The molecule has 0 spiro atoms. The van der Waals surface area contributed by atoms with E-state index in [0.29, 0.717) is 29.5 Å². The van der Waals surface area contributed by atoms with Crippen molar-refractivity contribution in [1.29, 1.82) is 0 Å². The first-order valence-electron chi connectivity index (χ1n) is 10.1. The van der Waals surface area contributed by atoms with E-state index in [1.165, 1.54) is 5.01 Å². The van der Waals surface area contributed by atoms with Crippen molar-refractivity contribution in [1.82, 2.24) is 20.0 Å². The van der Waals surface area contributed by atoms with E-state index in [1.807, 2.05) is 6.07 Å². The van der Waals surface area contributed by atoms with Crippen molar-refractivity contribution in [3.63, 3.8) is 0 Å². The number of hydrazone groups is 1. The van der Waals surface area contributed by atoms with Crippen LogP contribution in [-0.4, -0.2) is 64.0 Å². The van der Waals surface area contributed by atoms with Crippen molar-refractivity contribution in [2.75, 3.05) is 26.4 Å². The van der Waals surface area contributed by atoms with E-state index in [1.54, 1.807) is 17.0 Å². The fraction of sp³-hybridized carbons (Fsp3) is 0.450. The van der Waals surface area contributed by atoms with Gasteiger partial charge in [0.15, 0.2) is 11.5 Å². The van der Waals surface area contributed by atoms with Gasteiger partial charge in [-0.25, -0.2) is 5.01 Å². The van der Waals surface area contributed by atoms with E-state index < -0.39 is 0 Å². The standard InChI is InChI=1S/C20H21N5O5/c26-17-7-5-14(22-25(17)11-18(27)24-8-2-1-3-9-24)20-21-19(23-30-20)13-4-6-15-16(10-13)29-12-28-15/h4,6,10H,1-3,5,7-9,11-12H2. The van der Waals surface area contributed by atoms with Crippen molar-refractivity contribution >= 4 is 17.5 Å². The zero-order valence-electron chi connectivity index (χ0n) is 16.4. The van der Waals surface area contributed by atoms with Crippen molar-refractivity contribution in [2.45, 2.75) is 32.1 Å². The van der Waals surface area contributed by atoms with Crippen LogP contribution in [-0.2, 0) is 9.59 Å². The monoisotopic (exact) mass is 411 g/mol. The maximum absolute atomic E-state index is 12.5. The minimum Gasteiger partial charge on any atom is -0.454 e. The Labute approximate surface area is 172 Å². The highest BCUT2D eigenvalue weighted by Crippen LogP contribution is 2.35. The molecule has 0 radical (unpaired) electrons. The first-order valence-corrected chi connectivity index (χ1v) is 10.1. The van der Waals surface area contributed by atoms with E-state index in [0.717, 1.165) is 37.9 Å². The van der Waals surface area contributed by atoms with Gasteiger partial charge in [0.05, 0.1) is 0 Å². The molecule has 0 aliphatic carbocycles. The van der Waals surface area contributed by atoms with Crippen LogP contribution in [0.15, 0.2) is 27.8 Å². The van der Waals surface area contributed by atoms with Gasteiger partial charge in [0.1, 0.15) is 12.3 Å². The van der Waals surface area contributed by atoms with Crippen LogP contribution in [0.4, 0.5) is 0 Å². The van der Waals surface area contributed by atoms with Crippen molar-refractivity contribution in [3.8, 4) is 22.9 Å². The molecule has 10 nitrogen and oxygen atoms in total. The average molecular weight is 411 g/mol. The van der Waals surface area contributed by atoms with E-state index in [4.69, 9.17) is 14.0 Å². The summed E-state index contributed by atoms with van der Waals surface area (Å²) in [5.74, 6) is 1.66. The molecule has 4 heterocycles. The average Bonchev–Trinajstić information content (AvgIpc) is 3.45. The molecule has 0 saturated carbocycles. The molecule has 2 amide bonds. The molecular weight excluding hydrogens is 390 g/mol. The molecule has 1 fully saturated rings. The van der Waals surface area contributed by atoms with Gasteiger partial charge in [-0.15, -0.1) is 0 Å². The Bertz CT molecular complexity index is 1010. The maximum atomic E-state index is 12.5. The molecular formula is C20H21N5O5. The number of carbonyl (C=O) groups excluding carboxylic acids is 2. The Morgan fingerprint density at radius 1 is 1.07 bits per heavy atom. The summed E-state index contributed by atoms with van der Waals surface area (Å²) < 4.78 is 16.1. The third-order valence-electron chi connectivity index (χ3n) is 5.40. The summed E-state index contributed by atoms with van der Waals surface area (Å²) in [4.78, 5) is 31.0. The third-order valence-corrected chi connectivity index (χ3v) is 5.40. The molecule has 2 aromatic rings. The fourth-order valence-corrected chi connectivity index (χ4v) is 3.74. The number of likely N-dealkylation sites (tertiary alicyclic amines) is 1. The first-order chi connectivity index (χ1) is 14.7. The molecule has 0 bridgehead atoms. The molecule has 156 valence electrons. The molecule has 10 heteroatoms. The van der Waals surface area contributed by atoms with Gasteiger partial charge in [0.25, 0.3) is 5.89 Å². The molecule has 1 saturated heterocycles. The summed E-state index contributed by atoms with van der Waals surface area (Å²) in [6.07, 6.45) is 3.76. The third kappa shape index (κ3) is 3.60. The van der Waals surface area contributed by atoms with E-state index in [9.17, 15) is 9.59 Å². The molecule has 5 rings (SSSR count). The lowest BCUT2D eigenvalue weighted by atomic mass is 10.1. The van der Waals surface area contributed by atoms with Gasteiger partial charge in [-0.2, -0.15) is 10.1 Å². The van der Waals surface area contributed by atoms with Gasteiger partial charge < -0.3 is 18.9 Å². The highest BCUT2D eigenvalue weighted by atomic mass is 16.7. The minimum atomic E-state index is -0.181. The number of piperidine rings is 1. The van der Waals surface area contributed by atoms with Gasteiger partial charge in [0, 0.05) is 31.5 Å². The smallest absolute Gasteiger partial charge is 0.274 e. The summed E-state index contributed by atoms with van der Waals surface area (Å²) in [7, 11) is 0. The number of hydrogen-bond acceptors (Lipinski definition) is 8. The lowest BCUT2D eigenvalue weighted by Crippen LogP contribution is -2.44. The summed E-state index contributed by atoms with van der Waals surface area (Å²) in [6, 6.07) is 5.39.